The minimum Gasteiger partial charge on any atom is -0.497 e. The van der Waals surface area contributed by atoms with Crippen molar-refractivity contribution in [3.63, 3.8) is 0 Å². The van der Waals surface area contributed by atoms with E-state index in [1.165, 1.54) is 37.8 Å². The summed E-state index contributed by atoms with van der Waals surface area (Å²) in [6, 6.07) is 9.29. The van der Waals surface area contributed by atoms with Crippen LogP contribution < -0.4 is 10.1 Å². The van der Waals surface area contributed by atoms with Crippen molar-refractivity contribution in [3.05, 3.63) is 29.8 Å². The van der Waals surface area contributed by atoms with E-state index in [-0.39, 0.29) is 0 Å². The van der Waals surface area contributed by atoms with Gasteiger partial charge in [-0.2, -0.15) is 0 Å². The summed E-state index contributed by atoms with van der Waals surface area (Å²) in [6.07, 6.45) is 5.21. The lowest BCUT2D eigenvalue weighted by Crippen LogP contribution is -2.40. The predicted octanol–water partition coefficient (Wildman–Crippen LogP) is 3.97. The molecule has 0 unspecified atom stereocenters. The van der Waals surface area contributed by atoms with E-state index in [0.717, 1.165) is 23.6 Å². The Balaban J connectivity index is 1.65. The van der Waals surface area contributed by atoms with Gasteiger partial charge in [-0.3, -0.25) is 0 Å². The molecule has 2 nitrogen and oxygen atoms in total. The van der Waals surface area contributed by atoms with E-state index in [4.69, 9.17) is 4.74 Å². The molecular formula is C17H27NO. The first-order valence-electron chi connectivity index (χ1n) is 7.56. The molecule has 0 radical (unpaired) electrons. The highest BCUT2D eigenvalue weighted by Crippen LogP contribution is 2.37. The van der Waals surface area contributed by atoms with Crippen LogP contribution in [0.1, 0.15) is 51.0 Å². The molecule has 1 saturated carbocycles. The molecule has 0 atom stereocenters. The highest BCUT2D eigenvalue weighted by Gasteiger charge is 2.29. The van der Waals surface area contributed by atoms with Crippen molar-refractivity contribution in [2.45, 2.75) is 51.5 Å². The van der Waals surface area contributed by atoms with E-state index >= 15 is 0 Å². The number of rotatable bonds is 7. The fraction of sp³-hybridized carbons (Fsp3) is 0.647. The highest BCUT2D eigenvalue weighted by molar-refractivity contribution is 5.30. The Morgan fingerprint density at radius 1 is 1.21 bits per heavy atom. The molecule has 0 amide bonds. The normalized spacial score (nSPS) is 22.3. The molecule has 0 spiro atoms. The second kappa shape index (κ2) is 6.95. The van der Waals surface area contributed by atoms with Gasteiger partial charge in [0, 0.05) is 6.04 Å². The van der Waals surface area contributed by atoms with Gasteiger partial charge in [-0.05, 0) is 61.8 Å². The van der Waals surface area contributed by atoms with Crippen LogP contribution in [-0.2, 0) is 0 Å². The molecule has 0 heterocycles. The molecule has 1 aromatic carbocycles. The van der Waals surface area contributed by atoms with Crippen LogP contribution in [0, 0.1) is 5.92 Å². The average Bonchev–Trinajstić information content (AvgIpc) is 2.36. The number of ether oxygens (including phenoxy) is 1. The van der Waals surface area contributed by atoms with E-state index < -0.39 is 0 Å². The fourth-order valence-corrected chi connectivity index (χ4v) is 2.75. The summed E-state index contributed by atoms with van der Waals surface area (Å²) in [5, 5.41) is 3.67. The zero-order valence-electron chi connectivity index (χ0n) is 12.5. The van der Waals surface area contributed by atoms with Crippen molar-refractivity contribution in [2.24, 2.45) is 5.92 Å². The molecule has 2 heteroatoms. The zero-order chi connectivity index (χ0) is 13.7. The van der Waals surface area contributed by atoms with Crippen molar-refractivity contribution >= 4 is 0 Å². The average molecular weight is 261 g/mol. The van der Waals surface area contributed by atoms with Gasteiger partial charge in [0.25, 0.3) is 0 Å². The van der Waals surface area contributed by atoms with Gasteiger partial charge in [-0.1, -0.05) is 26.0 Å². The van der Waals surface area contributed by atoms with Gasteiger partial charge in [0.1, 0.15) is 5.75 Å². The molecule has 1 aliphatic rings. The third-order valence-electron chi connectivity index (χ3n) is 4.12. The quantitative estimate of drug-likeness (QED) is 0.750. The van der Waals surface area contributed by atoms with E-state index in [1.807, 2.05) is 0 Å². The maximum Gasteiger partial charge on any atom is 0.118 e. The molecule has 19 heavy (non-hydrogen) atoms. The van der Waals surface area contributed by atoms with Gasteiger partial charge >= 0.3 is 0 Å². The molecule has 0 bridgehead atoms. The molecule has 1 fully saturated rings. The summed E-state index contributed by atoms with van der Waals surface area (Å²) >= 11 is 0. The topological polar surface area (TPSA) is 21.3 Å². The number of hydrogen-bond acceptors (Lipinski definition) is 2. The number of benzene rings is 1. The monoisotopic (exact) mass is 261 g/mol. The van der Waals surface area contributed by atoms with Gasteiger partial charge in [-0.25, -0.2) is 0 Å². The number of hydrogen-bond donors (Lipinski definition) is 1. The summed E-state index contributed by atoms with van der Waals surface area (Å²) in [7, 11) is 1.72. The molecule has 2 rings (SSSR count). The SMILES string of the molecule is COc1ccc(C2CC(NCCCC(C)C)C2)cc1. The third-order valence-corrected chi connectivity index (χ3v) is 4.12. The minimum atomic E-state index is 0.735. The lowest BCUT2D eigenvalue weighted by Gasteiger charge is -2.36. The van der Waals surface area contributed by atoms with Crippen LogP contribution in [0.3, 0.4) is 0 Å². The number of nitrogens with one attached hydrogen (secondary N) is 1. The summed E-state index contributed by atoms with van der Waals surface area (Å²) in [4.78, 5) is 0. The number of methoxy groups -OCH3 is 1. The van der Waals surface area contributed by atoms with Crippen molar-refractivity contribution in [3.8, 4) is 5.75 Å². The Bertz CT molecular complexity index is 365. The molecule has 0 saturated heterocycles. The molecule has 1 aromatic rings. The van der Waals surface area contributed by atoms with Crippen LogP contribution in [0.5, 0.6) is 5.75 Å². The summed E-state index contributed by atoms with van der Waals surface area (Å²) in [5.41, 5.74) is 1.46. The van der Waals surface area contributed by atoms with Crippen LogP contribution in [-0.4, -0.2) is 19.7 Å². The fourth-order valence-electron chi connectivity index (χ4n) is 2.75. The molecule has 0 aromatic heterocycles. The first-order chi connectivity index (χ1) is 9.19. The minimum absolute atomic E-state index is 0.735. The maximum atomic E-state index is 5.19. The van der Waals surface area contributed by atoms with Gasteiger partial charge in [0.2, 0.25) is 0 Å². The first kappa shape index (κ1) is 14.4. The standard InChI is InChI=1S/C17H27NO/c1-13(2)5-4-10-18-16-11-15(12-16)14-6-8-17(19-3)9-7-14/h6-9,13,15-16,18H,4-5,10-12H2,1-3H3. The van der Waals surface area contributed by atoms with Crippen molar-refractivity contribution in [1.82, 2.24) is 5.32 Å². The molecule has 1 aliphatic carbocycles. The van der Waals surface area contributed by atoms with Gasteiger partial charge in [0.05, 0.1) is 7.11 Å². The van der Waals surface area contributed by atoms with Crippen molar-refractivity contribution < 1.29 is 4.74 Å². The Hall–Kier alpha value is -1.02. The Morgan fingerprint density at radius 3 is 2.47 bits per heavy atom. The maximum absolute atomic E-state index is 5.19. The van der Waals surface area contributed by atoms with E-state index in [0.29, 0.717) is 0 Å². The third kappa shape index (κ3) is 4.24. The molecular weight excluding hydrogens is 234 g/mol. The van der Waals surface area contributed by atoms with Crippen LogP contribution >= 0.6 is 0 Å². The summed E-state index contributed by atoms with van der Waals surface area (Å²) in [5.74, 6) is 2.52. The van der Waals surface area contributed by atoms with Crippen LogP contribution in [0.25, 0.3) is 0 Å². The van der Waals surface area contributed by atoms with Crippen LogP contribution in [0.15, 0.2) is 24.3 Å². The van der Waals surface area contributed by atoms with Crippen LogP contribution in [0.4, 0.5) is 0 Å². The van der Waals surface area contributed by atoms with Gasteiger partial charge in [0.15, 0.2) is 0 Å². The van der Waals surface area contributed by atoms with Crippen molar-refractivity contribution in [2.75, 3.05) is 13.7 Å². The van der Waals surface area contributed by atoms with Gasteiger partial charge < -0.3 is 10.1 Å². The lowest BCUT2D eigenvalue weighted by atomic mass is 9.76. The Labute approximate surface area is 117 Å². The second-order valence-corrected chi connectivity index (χ2v) is 6.13. The second-order valence-electron chi connectivity index (χ2n) is 6.13. The van der Waals surface area contributed by atoms with E-state index in [9.17, 15) is 0 Å². The molecule has 106 valence electrons. The summed E-state index contributed by atoms with van der Waals surface area (Å²) in [6.45, 7) is 5.77. The molecule has 0 aliphatic heterocycles. The zero-order valence-corrected chi connectivity index (χ0v) is 12.5. The summed E-state index contributed by atoms with van der Waals surface area (Å²) < 4.78 is 5.19. The van der Waals surface area contributed by atoms with Gasteiger partial charge in [-0.15, -0.1) is 0 Å². The predicted molar refractivity (Wildman–Crippen MR) is 80.8 cm³/mol. The highest BCUT2D eigenvalue weighted by atomic mass is 16.5. The smallest absolute Gasteiger partial charge is 0.118 e. The Morgan fingerprint density at radius 2 is 1.89 bits per heavy atom. The lowest BCUT2D eigenvalue weighted by molar-refractivity contribution is 0.288. The van der Waals surface area contributed by atoms with Crippen LogP contribution in [0.2, 0.25) is 0 Å². The van der Waals surface area contributed by atoms with E-state index in [2.05, 4.69) is 43.4 Å². The largest absolute Gasteiger partial charge is 0.497 e. The first-order valence-corrected chi connectivity index (χ1v) is 7.56. The Kier molecular flexibility index (Phi) is 5.26. The van der Waals surface area contributed by atoms with Crippen molar-refractivity contribution in [1.29, 1.82) is 0 Å². The molecule has 1 N–H and O–H groups in total. The van der Waals surface area contributed by atoms with E-state index in [1.54, 1.807) is 7.11 Å².